The second-order valence-corrected chi connectivity index (χ2v) is 12.3. The lowest BCUT2D eigenvalue weighted by Crippen LogP contribution is -2.49. The molecule has 3 aromatic rings. The molecule has 0 saturated carbocycles. The number of benzene rings is 2. The van der Waals surface area contributed by atoms with Crippen molar-refractivity contribution in [2.45, 2.75) is 32.4 Å². The minimum atomic E-state index is -0.0852. The Hall–Kier alpha value is -3.53. The molecule has 43 heavy (non-hydrogen) atoms. The van der Waals surface area contributed by atoms with E-state index in [9.17, 15) is 9.59 Å². The molecule has 228 valence electrons. The van der Waals surface area contributed by atoms with Crippen LogP contribution in [-0.2, 0) is 24.3 Å². The quantitative estimate of drug-likeness (QED) is 0.414. The monoisotopic (exact) mass is 584 g/mol. The van der Waals surface area contributed by atoms with Gasteiger partial charge in [-0.1, -0.05) is 65.8 Å². The van der Waals surface area contributed by atoms with Crippen molar-refractivity contribution in [1.82, 2.24) is 30.1 Å². The molecule has 3 fully saturated rings. The molecule has 0 aliphatic carbocycles. The van der Waals surface area contributed by atoms with Gasteiger partial charge in [0, 0.05) is 77.9 Å². The van der Waals surface area contributed by atoms with Crippen LogP contribution in [0.4, 0.5) is 0 Å². The normalized spacial score (nSPS) is 22.0. The molecule has 0 spiro atoms. The summed E-state index contributed by atoms with van der Waals surface area (Å²) in [7, 11) is 0. The number of rotatable bonds is 9. The fourth-order valence-electron chi connectivity index (χ4n) is 6.72. The molecule has 0 bridgehead atoms. The number of carbonyl (C=O) groups excluding carboxylic acids is 2. The van der Waals surface area contributed by atoms with Gasteiger partial charge in [-0.2, -0.15) is 0 Å². The molecule has 2 amide bonds. The molecule has 9 heteroatoms. The number of hydrogen-bond donors (Lipinski definition) is 1. The van der Waals surface area contributed by atoms with Crippen LogP contribution in [-0.4, -0.2) is 102 Å². The Morgan fingerprint density at radius 3 is 1.95 bits per heavy atom. The van der Waals surface area contributed by atoms with E-state index in [1.807, 2.05) is 28.0 Å². The van der Waals surface area contributed by atoms with Crippen LogP contribution in [0, 0.1) is 11.8 Å². The molecule has 0 unspecified atom stereocenters. The van der Waals surface area contributed by atoms with Crippen LogP contribution in [0.25, 0.3) is 0 Å². The summed E-state index contributed by atoms with van der Waals surface area (Å²) < 4.78 is 5.55. The van der Waals surface area contributed by atoms with Crippen molar-refractivity contribution in [2.75, 3.05) is 65.4 Å². The van der Waals surface area contributed by atoms with E-state index < -0.39 is 0 Å². The summed E-state index contributed by atoms with van der Waals surface area (Å²) in [5.41, 5.74) is 3.41. The Balaban J connectivity index is 0.965. The Labute approximate surface area is 254 Å². The molecule has 3 saturated heterocycles. The molecule has 3 aliphatic heterocycles. The third-order valence-corrected chi connectivity index (χ3v) is 9.33. The van der Waals surface area contributed by atoms with Crippen molar-refractivity contribution in [1.29, 1.82) is 0 Å². The summed E-state index contributed by atoms with van der Waals surface area (Å²) >= 11 is 0. The second kappa shape index (κ2) is 14.3. The maximum atomic E-state index is 13.3. The zero-order valence-electron chi connectivity index (χ0n) is 25.1. The van der Waals surface area contributed by atoms with E-state index in [1.165, 1.54) is 11.1 Å². The molecular formula is C34H44N6O3. The van der Waals surface area contributed by atoms with E-state index in [4.69, 9.17) is 4.52 Å². The summed E-state index contributed by atoms with van der Waals surface area (Å²) in [4.78, 5) is 35.2. The van der Waals surface area contributed by atoms with Gasteiger partial charge in [-0.15, -0.1) is 0 Å². The Kier molecular flexibility index (Phi) is 9.82. The molecule has 1 aromatic heterocycles. The van der Waals surface area contributed by atoms with Gasteiger partial charge in [0.05, 0.1) is 5.69 Å². The highest BCUT2D eigenvalue weighted by molar-refractivity contribution is 5.91. The van der Waals surface area contributed by atoms with Crippen molar-refractivity contribution in [3.8, 4) is 0 Å². The number of piperidine rings is 1. The van der Waals surface area contributed by atoms with Crippen molar-refractivity contribution >= 4 is 11.8 Å². The number of amides is 2. The Bertz CT molecular complexity index is 1320. The van der Waals surface area contributed by atoms with E-state index in [2.05, 4.69) is 68.8 Å². The number of hydrogen-bond acceptors (Lipinski definition) is 7. The molecule has 2 aromatic carbocycles. The fourth-order valence-corrected chi connectivity index (χ4v) is 6.72. The molecule has 2 atom stereocenters. The largest absolute Gasteiger partial charge is 0.351 e. The minimum absolute atomic E-state index is 0.0852. The van der Waals surface area contributed by atoms with Crippen LogP contribution in [0.15, 0.2) is 71.3 Å². The first-order chi connectivity index (χ1) is 21.1. The molecular weight excluding hydrogens is 540 g/mol. The smallest absolute Gasteiger partial charge is 0.292 e. The van der Waals surface area contributed by atoms with Gasteiger partial charge in [-0.3, -0.25) is 19.4 Å². The van der Waals surface area contributed by atoms with Gasteiger partial charge in [0.25, 0.3) is 5.91 Å². The first kappa shape index (κ1) is 29.5. The maximum absolute atomic E-state index is 13.3. The van der Waals surface area contributed by atoms with Crippen molar-refractivity contribution in [3.63, 3.8) is 0 Å². The van der Waals surface area contributed by atoms with Crippen molar-refractivity contribution in [2.24, 2.45) is 11.8 Å². The number of piperazine rings is 2. The number of nitrogens with one attached hydrogen (secondary N) is 1. The van der Waals surface area contributed by atoms with Gasteiger partial charge in [0.15, 0.2) is 0 Å². The predicted molar refractivity (Wildman–Crippen MR) is 165 cm³/mol. The van der Waals surface area contributed by atoms with E-state index >= 15 is 0 Å². The van der Waals surface area contributed by atoms with Crippen LogP contribution >= 0.6 is 0 Å². The molecule has 3 aliphatic rings. The number of aromatic nitrogens is 1. The van der Waals surface area contributed by atoms with Crippen LogP contribution < -0.4 is 5.32 Å². The van der Waals surface area contributed by atoms with E-state index in [1.54, 1.807) is 0 Å². The Morgan fingerprint density at radius 2 is 1.35 bits per heavy atom. The fraction of sp³-hybridized carbons (Fsp3) is 0.500. The van der Waals surface area contributed by atoms with Crippen molar-refractivity contribution < 1.29 is 14.1 Å². The average molecular weight is 585 g/mol. The number of carbonyl (C=O) groups is 2. The SMILES string of the molecule is O=C(C[C@@H]1CCNC[C@@H]1Cc1cc(C(=O)N2CCN(Cc3ccccc3)CC2)on1)N1CCN(Cc2ccccc2)CC1. The lowest BCUT2D eigenvalue weighted by molar-refractivity contribution is -0.134. The van der Waals surface area contributed by atoms with E-state index in [0.29, 0.717) is 37.6 Å². The molecule has 0 radical (unpaired) electrons. The third kappa shape index (κ3) is 7.90. The van der Waals surface area contributed by atoms with Gasteiger partial charge in [-0.25, -0.2) is 0 Å². The zero-order valence-corrected chi connectivity index (χ0v) is 25.1. The third-order valence-electron chi connectivity index (χ3n) is 9.33. The molecule has 1 N–H and O–H groups in total. The van der Waals surface area contributed by atoms with Crippen LogP contribution in [0.5, 0.6) is 0 Å². The van der Waals surface area contributed by atoms with Crippen LogP contribution in [0.1, 0.15) is 40.2 Å². The summed E-state index contributed by atoms with van der Waals surface area (Å²) in [6, 6.07) is 22.8. The highest BCUT2D eigenvalue weighted by Gasteiger charge is 2.32. The minimum Gasteiger partial charge on any atom is -0.351 e. The summed E-state index contributed by atoms with van der Waals surface area (Å²) in [5, 5.41) is 7.78. The summed E-state index contributed by atoms with van der Waals surface area (Å²) in [5.74, 6) is 1.07. The van der Waals surface area contributed by atoms with E-state index in [0.717, 1.165) is 77.6 Å². The van der Waals surface area contributed by atoms with Gasteiger partial charge < -0.3 is 19.6 Å². The average Bonchev–Trinajstić information content (AvgIpc) is 3.52. The first-order valence-electron chi connectivity index (χ1n) is 15.9. The molecule has 9 nitrogen and oxygen atoms in total. The topological polar surface area (TPSA) is 85.2 Å². The molecule has 4 heterocycles. The maximum Gasteiger partial charge on any atom is 0.292 e. The lowest BCUT2D eigenvalue weighted by Gasteiger charge is -2.37. The summed E-state index contributed by atoms with van der Waals surface area (Å²) in [6.07, 6.45) is 2.25. The first-order valence-corrected chi connectivity index (χ1v) is 15.9. The van der Waals surface area contributed by atoms with Crippen molar-refractivity contribution in [3.05, 3.63) is 89.3 Å². The Morgan fingerprint density at radius 1 is 0.767 bits per heavy atom. The summed E-state index contributed by atoms with van der Waals surface area (Å²) in [6.45, 7) is 10.1. The second-order valence-electron chi connectivity index (χ2n) is 12.3. The van der Waals surface area contributed by atoms with E-state index in [-0.39, 0.29) is 17.7 Å². The molecule has 6 rings (SSSR count). The van der Waals surface area contributed by atoms with Gasteiger partial charge >= 0.3 is 0 Å². The van der Waals surface area contributed by atoms with Gasteiger partial charge in [-0.05, 0) is 48.9 Å². The number of nitrogens with zero attached hydrogens (tertiary/aromatic N) is 5. The highest BCUT2D eigenvalue weighted by atomic mass is 16.5. The van der Waals surface area contributed by atoms with Crippen LogP contribution in [0.3, 0.4) is 0 Å². The standard InChI is InChI=1S/C34H44N6O3/c41-33(39-17-13-37(14-18-39)25-27-7-3-1-4-8-27)22-29-11-12-35-24-30(29)21-31-23-32(43-36-31)34(42)40-19-15-38(16-20-40)26-28-9-5-2-6-10-28/h1-10,23,29-30,35H,11-22,24-26H2/t29-,30-/m0/s1. The van der Waals surface area contributed by atoms with Gasteiger partial charge in [0.2, 0.25) is 11.7 Å². The van der Waals surface area contributed by atoms with Gasteiger partial charge in [0.1, 0.15) is 0 Å². The van der Waals surface area contributed by atoms with Crippen LogP contribution in [0.2, 0.25) is 0 Å². The predicted octanol–water partition coefficient (Wildman–Crippen LogP) is 3.14. The lowest BCUT2D eigenvalue weighted by atomic mass is 9.81. The zero-order chi connectivity index (χ0) is 29.4. The highest BCUT2D eigenvalue weighted by Crippen LogP contribution is 2.27.